The van der Waals surface area contributed by atoms with Crippen LogP contribution < -0.4 is 0 Å². The highest BCUT2D eigenvalue weighted by Gasteiger charge is 2.95. The first-order chi connectivity index (χ1) is 16.6. The molecule has 1 unspecified atom stereocenters. The van der Waals surface area contributed by atoms with E-state index in [1.165, 1.54) is 13.0 Å². The Labute approximate surface area is 202 Å². The summed E-state index contributed by atoms with van der Waals surface area (Å²) in [6.07, 6.45) is -10.3. The van der Waals surface area contributed by atoms with E-state index in [9.17, 15) is 74.6 Å². The second-order valence-electron chi connectivity index (χ2n) is 8.31. The fraction of sp³-hybridized carbons (Fsp3) is 0.700. The van der Waals surface area contributed by atoms with E-state index in [2.05, 4.69) is 4.74 Å². The van der Waals surface area contributed by atoms with Gasteiger partial charge in [-0.05, 0) is 24.5 Å². The molecular weight excluding hydrogens is 579 g/mol. The lowest BCUT2D eigenvalue weighted by molar-refractivity contribution is -0.462. The average molecular weight is 596 g/mol. The highest BCUT2D eigenvalue weighted by molar-refractivity contribution is 5.29. The predicted molar refractivity (Wildman–Crippen MR) is 95.5 cm³/mol. The van der Waals surface area contributed by atoms with Gasteiger partial charge in [0.1, 0.15) is 0 Å². The van der Waals surface area contributed by atoms with E-state index in [-0.39, 0.29) is 6.42 Å². The molecule has 0 saturated heterocycles. The van der Waals surface area contributed by atoms with Gasteiger partial charge < -0.3 is 4.74 Å². The Morgan fingerprint density at radius 3 is 1.37 bits per heavy atom. The Kier molecular flexibility index (Phi) is 8.57. The molecule has 1 aromatic carbocycles. The standard InChI is InChI=1S/C20H17F17O/c1-4-10-6-5-7-11(8-10)12(2,38-3)9-13(21,22)14(23,24)15(25,26)16(27,28)17(29,30)18(31,32)19(33,34)20(35,36)37/h5-8H,4,9H2,1-3H3. The van der Waals surface area contributed by atoms with Gasteiger partial charge in [-0.3, -0.25) is 0 Å². The van der Waals surface area contributed by atoms with Crippen LogP contribution in [0.15, 0.2) is 24.3 Å². The normalized spacial score (nSPS) is 16.9. The highest BCUT2D eigenvalue weighted by atomic mass is 19.4. The van der Waals surface area contributed by atoms with E-state index in [0.29, 0.717) is 19.6 Å². The van der Waals surface area contributed by atoms with E-state index >= 15 is 0 Å². The molecule has 0 saturated carbocycles. The second-order valence-corrected chi connectivity index (χ2v) is 8.31. The third-order valence-corrected chi connectivity index (χ3v) is 5.74. The average Bonchev–Trinajstić information content (AvgIpc) is 2.77. The number of methoxy groups -OCH3 is 1. The number of ether oxygens (including phenoxy) is 1. The van der Waals surface area contributed by atoms with Crippen LogP contribution in [0.5, 0.6) is 0 Å². The van der Waals surface area contributed by atoms with E-state index < -0.39 is 65.2 Å². The van der Waals surface area contributed by atoms with Crippen molar-refractivity contribution in [3.63, 3.8) is 0 Å². The molecule has 0 heterocycles. The molecule has 0 aliphatic rings. The van der Waals surface area contributed by atoms with Gasteiger partial charge in [0, 0.05) is 7.11 Å². The molecule has 0 radical (unpaired) electrons. The third-order valence-electron chi connectivity index (χ3n) is 5.74. The van der Waals surface area contributed by atoms with Crippen molar-refractivity contribution in [2.24, 2.45) is 0 Å². The van der Waals surface area contributed by atoms with Crippen LogP contribution in [0.2, 0.25) is 0 Å². The van der Waals surface area contributed by atoms with E-state index in [1.54, 1.807) is 0 Å². The fourth-order valence-electron chi connectivity index (χ4n) is 3.14. The van der Waals surface area contributed by atoms with Crippen LogP contribution in [-0.2, 0) is 16.8 Å². The lowest BCUT2D eigenvalue weighted by atomic mass is 9.82. The Bertz CT molecular complexity index is 982. The lowest BCUT2D eigenvalue weighted by Gasteiger charge is -2.44. The topological polar surface area (TPSA) is 9.23 Å². The molecule has 0 aliphatic carbocycles. The number of hydrogen-bond acceptors (Lipinski definition) is 1. The number of halogens is 17. The smallest absolute Gasteiger partial charge is 0.374 e. The Hall–Kier alpha value is -2.01. The molecule has 1 aromatic rings. The summed E-state index contributed by atoms with van der Waals surface area (Å²) in [5, 5.41) is 0. The monoisotopic (exact) mass is 596 g/mol. The Morgan fingerprint density at radius 2 is 1.00 bits per heavy atom. The summed E-state index contributed by atoms with van der Waals surface area (Å²) in [5.74, 6) is -56.6. The lowest BCUT2D eigenvalue weighted by Crippen LogP contribution is -2.74. The largest absolute Gasteiger partial charge is 0.460 e. The zero-order valence-electron chi connectivity index (χ0n) is 19.1. The summed E-state index contributed by atoms with van der Waals surface area (Å²) in [4.78, 5) is 0. The summed E-state index contributed by atoms with van der Waals surface area (Å²) >= 11 is 0. The first-order valence-corrected chi connectivity index (χ1v) is 9.91. The Balaban J connectivity index is 3.67. The first kappa shape index (κ1) is 34.0. The maximum atomic E-state index is 14.5. The van der Waals surface area contributed by atoms with Gasteiger partial charge in [-0.15, -0.1) is 0 Å². The van der Waals surface area contributed by atoms with Gasteiger partial charge in [0.15, 0.2) is 0 Å². The van der Waals surface area contributed by atoms with Crippen LogP contribution in [0, 0.1) is 0 Å². The molecule has 0 amide bonds. The molecule has 1 atom stereocenters. The highest BCUT2D eigenvalue weighted by Crippen LogP contribution is 2.64. The minimum absolute atomic E-state index is 0.191. The van der Waals surface area contributed by atoms with Crippen LogP contribution in [0.3, 0.4) is 0 Å². The van der Waals surface area contributed by atoms with Crippen molar-refractivity contribution in [1.82, 2.24) is 0 Å². The van der Waals surface area contributed by atoms with Crippen molar-refractivity contribution in [3.8, 4) is 0 Å². The van der Waals surface area contributed by atoms with Crippen LogP contribution in [0.25, 0.3) is 0 Å². The minimum atomic E-state index is -8.65. The quantitative estimate of drug-likeness (QED) is 0.233. The van der Waals surface area contributed by atoms with Crippen molar-refractivity contribution in [3.05, 3.63) is 35.4 Å². The number of benzene rings is 1. The zero-order chi connectivity index (χ0) is 30.6. The number of alkyl halides is 17. The summed E-state index contributed by atoms with van der Waals surface area (Å²) in [6, 6.07) is 4.48. The number of aryl methyl sites for hydroxylation is 1. The molecule has 38 heavy (non-hydrogen) atoms. The van der Waals surface area contributed by atoms with Crippen molar-refractivity contribution in [2.75, 3.05) is 7.11 Å². The molecule has 18 heteroatoms. The van der Waals surface area contributed by atoms with Gasteiger partial charge in [0.2, 0.25) is 0 Å². The summed E-state index contributed by atoms with van der Waals surface area (Å²) in [7, 11) is 0.563. The SMILES string of the molecule is CCc1cccc(C(C)(CC(F)(F)C(F)(F)C(F)(F)C(F)(F)C(F)(F)C(F)(F)C(F)(F)C(F)(F)F)OC)c1. The molecular formula is C20H17F17O. The van der Waals surface area contributed by atoms with Crippen molar-refractivity contribution >= 4 is 0 Å². The van der Waals surface area contributed by atoms with Gasteiger partial charge in [-0.25, -0.2) is 0 Å². The van der Waals surface area contributed by atoms with Crippen molar-refractivity contribution < 1.29 is 79.4 Å². The summed E-state index contributed by atoms with van der Waals surface area (Å²) < 4.78 is 234. The summed E-state index contributed by atoms with van der Waals surface area (Å²) in [6.45, 7) is 2.07. The number of hydrogen-bond donors (Lipinski definition) is 0. The summed E-state index contributed by atoms with van der Waals surface area (Å²) in [5.41, 5.74) is -2.89. The zero-order valence-corrected chi connectivity index (χ0v) is 19.1. The second kappa shape index (κ2) is 9.57. The first-order valence-electron chi connectivity index (χ1n) is 9.91. The van der Waals surface area contributed by atoms with Crippen LogP contribution in [0.4, 0.5) is 74.6 Å². The van der Waals surface area contributed by atoms with E-state index in [0.717, 1.165) is 18.2 Å². The minimum Gasteiger partial charge on any atom is -0.374 e. The van der Waals surface area contributed by atoms with Crippen LogP contribution in [0.1, 0.15) is 31.4 Å². The fourth-order valence-corrected chi connectivity index (χ4v) is 3.14. The molecule has 0 fully saturated rings. The Morgan fingerprint density at radius 1 is 0.605 bits per heavy atom. The van der Waals surface area contributed by atoms with Gasteiger partial charge in [-0.1, -0.05) is 31.2 Å². The molecule has 0 aromatic heterocycles. The molecule has 0 aliphatic heterocycles. The molecule has 1 nitrogen and oxygen atoms in total. The molecule has 222 valence electrons. The van der Waals surface area contributed by atoms with Crippen LogP contribution >= 0.6 is 0 Å². The molecule has 0 bridgehead atoms. The molecule has 0 N–H and O–H groups in total. The molecule has 1 rings (SSSR count). The van der Waals surface area contributed by atoms with Crippen molar-refractivity contribution in [2.45, 2.75) is 79.9 Å². The van der Waals surface area contributed by atoms with E-state index in [4.69, 9.17) is 0 Å². The third kappa shape index (κ3) is 4.78. The van der Waals surface area contributed by atoms with Gasteiger partial charge in [0.25, 0.3) is 0 Å². The van der Waals surface area contributed by atoms with E-state index in [1.807, 2.05) is 0 Å². The van der Waals surface area contributed by atoms with Gasteiger partial charge >= 0.3 is 47.6 Å². The van der Waals surface area contributed by atoms with Gasteiger partial charge in [0.05, 0.1) is 12.0 Å². The maximum absolute atomic E-state index is 14.5. The van der Waals surface area contributed by atoms with Gasteiger partial charge in [-0.2, -0.15) is 74.6 Å². The predicted octanol–water partition coefficient (Wildman–Crippen LogP) is 8.51. The number of rotatable bonds is 11. The molecule has 0 spiro atoms. The van der Waals surface area contributed by atoms with Crippen LogP contribution in [-0.4, -0.2) is 54.7 Å². The van der Waals surface area contributed by atoms with Crippen molar-refractivity contribution in [1.29, 1.82) is 0 Å². The maximum Gasteiger partial charge on any atom is 0.460 e.